The predicted octanol–water partition coefficient (Wildman–Crippen LogP) is 4.47. The Hall–Kier alpha value is -3.73. The van der Waals surface area contributed by atoms with Gasteiger partial charge in [-0.1, -0.05) is 0 Å². The second-order valence-electron chi connectivity index (χ2n) is 5.82. The molecule has 0 saturated heterocycles. The lowest BCUT2D eigenvalue weighted by Gasteiger charge is -2.10. The van der Waals surface area contributed by atoms with Gasteiger partial charge in [0.25, 0.3) is 5.69 Å². The minimum absolute atomic E-state index is 0.215. The zero-order valence-corrected chi connectivity index (χ0v) is 15.8. The quantitative estimate of drug-likeness (QED) is 0.489. The molecule has 2 aromatic carbocycles. The highest BCUT2D eigenvalue weighted by molar-refractivity contribution is 5.87. The van der Waals surface area contributed by atoms with Gasteiger partial charge in [0, 0.05) is 23.7 Å². The van der Waals surface area contributed by atoms with E-state index in [9.17, 15) is 14.5 Å². The molecule has 0 aliphatic carbocycles. The number of benzene rings is 2. The molecule has 7 nitrogen and oxygen atoms in total. The molecule has 8 heteroatoms. The van der Waals surface area contributed by atoms with Crippen LogP contribution in [0.5, 0.6) is 11.5 Å². The summed E-state index contributed by atoms with van der Waals surface area (Å²) >= 11 is 0. The maximum Gasteiger partial charge on any atom is 0.272 e. The Kier molecular flexibility index (Phi) is 6.45. The molecule has 0 spiro atoms. The highest BCUT2D eigenvalue weighted by atomic mass is 19.1. The summed E-state index contributed by atoms with van der Waals surface area (Å²) < 4.78 is 23.1. The molecular weight excluding hydrogens is 365 g/mol. The molecule has 0 aliphatic rings. The molecule has 0 bridgehead atoms. The number of aromatic nitrogens is 1. The van der Waals surface area contributed by atoms with E-state index in [4.69, 9.17) is 14.7 Å². The third-order valence-corrected chi connectivity index (χ3v) is 4.13. The molecular formula is C20H18FN3O4. The summed E-state index contributed by atoms with van der Waals surface area (Å²) in [4.78, 5) is 13.7. The number of nitriles is 1. The summed E-state index contributed by atoms with van der Waals surface area (Å²) in [5, 5.41) is 20.0. The van der Waals surface area contributed by atoms with Gasteiger partial charge in [0.2, 0.25) is 0 Å². The van der Waals surface area contributed by atoms with Crippen molar-refractivity contribution in [2.75, 3.05) is 14.2 Å². The van der Waals surface area contributed by atoms with Crippen molar-refractivity contribution in [2.45, 2.75) is 13.8 Å². The molecule has 0 unspecified atom stereocenters. The van der Waals surface area contributed by atoms with E-state index in [1.165, 1.54) is 12.1 Å². The van der Waals surface area contributed by atoms with Gasteiger partial charge in [-0.25, -0.2) is 4.39 Å². The van der Waals surface area contributed by atoms with Crippen molar-refractivity contribution in [2.24, 2.45) is 0 Å². The Morgan fingerprint density at radius 3 is 2.32 bits per heavy atom. The lowest BCUT2D eigenvalue weighted by atomic mass is 10.1. The van der Waals surface area contributed by atoms with Crippen LogP contribution in [0.15, 0.2) is 36.5 Å². The fourth-order valence-electron chi connectivity index (χ4n) is 2.46. The fraction of sp³-hybridized carbons (Fsp3) is 0.200. The van der Waals surface area contributed by atoms with E-state index in [2.05, 4.69) is 11.1 Å². The van der Waals surface area contributed by atoms with Gasteiger partial charge in [-0.15, -0.1) is 0 Å². The first kappa shape index (κ1) is 20.6. The zero-order valence-electron chi connectivity index (χ0n) is 15.8. The molecule has 0 atom stereocenters. The van der Waals surface area contributed by atoms with E-state index < -0.39 is 10.7 Å². The summed E-state index contributed by atoms with van der Waals surface area (Å²) in [6, 6.07) is 9.34. The van der Waals surface area contributed by atoms with E-state index in [1.807, 2.05) is 19.1 Å². The van der Waals surface area contributed by atoms with E-state index >= 15 is 0 Å². The number of hydrogen-bond donors (Lipinski definition) is 0. The highest BCUT2D eigenvalue weighted by Crippen LogP contribution is 2.33. The third kappa shape index (κ3) is 4.32. The third-order valence-electron chi connectivity index (χ3n) is 4.13. The molecule has 1 heterocycles. The van der Waals surface area contributed by atoms with E-state index in [0.29, 0.717) is 22.6 Å². The Morgan fingerprint density at radius 2 is 1.79 bits per heavy atom. The number of rotatable bonds is 3. The normalized spacial score (nSPS) is 9.86. The van der Waals surface area contributed by atoms with Crippen LogP contribution in [0.4, 0.5) is 10.1 Å². The van der Waals surface area contributed by atoms with Crippen molar-refractivity contribution < 1.29 is 18.8 Å². The average molecular weight is 383 g/mol. The standard InChI is InChI=1S/C13H12N2O2.C7H6FNO2/c1-8-9(6-14)7-15-11-5-13(17-3)12(16-2)4-10(8)11;1-5-2-3-6(9(10)11)4-7(5)8/h4-5,7H,1-3H3;2-4H,1H3. The van der Waals surface area contributed by atoms with Gasteiger partial charge in [0.05, 0.1) is 36.3 Å². The number of non-ortho nitro benzene ring substituents is 1. The van der Waals surface area contributed by atoms with Crippen LogP contribution in [-0.2, 0) is 0 Å². The second-order valence-corrected chi connectivity index (χ2v) is 5.82. The van der Waals surface area contributed by atoms with Crippen molar-refractivity contribution in [1.82, 2.24) is 4.98 Å². The Labute approximate surface area is 161 Å². The van der Waals surface area contributed by atoms with Gasteiger partial charge in [-0.3, -0.25) is 15.1 Å². The van der Waals surface area contributed by atoms with Crippen LogP contribution in [0.2, 0.25) is 0 Å². The molecule has 3 rings (SSSR count). The van der Waals surface area contributed by atoms with Gasteiger partial charge >= 0.3 is 0 Å². The molecule has 0 aliphatic heterocycles. The average Bonchev–Trinajstić information content (AvgIpc) is 2.69. The largest absolute Gasteiger partial charge is 0.493 e. The summed E-state index contributed by atoms with van der Waals surface area (Å²) in [6.07, 6.45) is 1.57. The van der Waals surface area contributed by atoms with Gasteiger partial charge in [0.15, 0.2) is 11.5 Å². The van der Waals surface area contributed by atoms with Crippen LogP contribution < -0.4 is 9.47 Å². The van der Waals surface area contributed by atoms with Crippen LogP contribution in [0.3, 0.4) is 0 Å². The molecule has 0 fully saturated rings. The smallest absolute Gasteiger partial charge is 0.272 e. The van der Waals surface area contributed by atoms with Crippen LogP contribution >= 0.6 is 0 Å². The van der Waals surface area contributed by atoms with Crippen molar-refractivity contribution in [3.05, 3.63) is 69.2 Å². The lowest BCUT2D eigenvalue weighted by molar-refractivity contribution is -0.385. The number of nitro benzene ring substituents is 1. The number of hydrogen-bond acceptors (Lipinski definition) is 6. The number of fused-ring (bicyclic) bond motifs is 1. The Balaban J connectivity index is 0.000000221. The Morgan fingerprint density at radius 1 is 1.14 bits per heavy atom. The van der Waals surface area contributed by atoms with Crippen molar-refractivity contribution in [3.8, 4) is 17.6 Å². The SMILES string of the molecule is COc1cc2ncc(C#N)c(C)c2cc1OC.Cc1ccc([N+](=O)[O-])cc1F. The Bertz CT molecular complexity index is 1080. The minimum Gasteiger partial charge on any atom is -0.493 e. The lowest BCUT2D eigenvalue weighted by Crippen LogP contribution is -1.94. The van der Waals surface area contributed by atoms with Crippen LogP contribution in [-0.4, -0.2) is 24.1 Å². The number of pyridine rings is 1. The number of ether oxygens (including phenoxy) is 2. The monoisotopic (exact) mass is 383 g/mol. The number of nitrogens with zero attached hydrogens (tertiary/aromatic N) is 3. The van der Waals surface area contributed by atoms with Crippen molar-refractivity contribution >= 4 is 16.6 Å². The van der Waals surface area contributed by atoms with Gasteiger partial charge in [-0.2, -0.15) is 5.26 Å². The molecule has 0 saturated carbocycles. The minimum atomic E-state index is -0.622. The molecule has 28 heavy (non-hydrogen) atoms. The number of aryl methyl sites for hydroxylation is 2. The molecule has 0 N–H and O–H groups in total. The molecule has 1 aromatic heterocycles. The maximum atomic E-state index is 12.6. The molecule has 0 radical (unpaired) electrons. The maximum absolute atomic E-state index is 12.6. The van der Waals surface area contributed by atoms with Gasteiger partial charge < -0.3 is 9.47 Å². The topological polar surface area (TPSA) is 98.3 Å². The summed E-state index contributed by atoms with van der Waals surface area (Å²) in [5.74, 6) is 0.732. The number of halogens is 1. The van der Waals surface area contributed by atoms with Gasteiger partial charge in [0.1, 0.15) is 11.9 Å². The zero-order chi connectivity index (χ0) is 20.8. The molecule has 144 valence electrons. The van der Waals surface area contributed by atoms with Crippen molar-refractivity contribution in [3.63, 3.8) is 0 Å². The highest BCUT2D eigenvalue weighted by Gasteiger charge is 2.10. The van der Waals surface area contributed by atoms with Crippen LogP contribution in [0.25, 0.3) is 10.9 Å². The predicted molar refractivity (Wildman–Crippen MR) is 102 cm³/mol. The second kappa shape index (κ2) is 8.77. The fourth-order valence-corrected chi connectivity index (χ4v) is 2.46. The van der Waals surface area contributed by atoms with E-state index in [0.717, 1.165) is 22.5 Å². The van der Waals surface area contributed by atoms with Crippen LogP contribution in [0.1, 0.15) is 16.7 Å². The number of nitro groups is 1. The summed E-state index contributed by atoms with van der Waals surface area (Å²) in [7, 11) is 3.17. The number of methoxy groups -OCH3 is 2. The van der Waals surface area contributed by atoms with Crippen LogP contribution in [0, 0.1) is 41.1 Å². The van der Waals surface area contributed by atoms with Gasteiger partial charge in [-0.05, 0) is 37.1 Å². The van der Waals surface area contributed by atoms with E-state index in [1.54, 1.807) is 27.3 Å². The summed E-state index contributed by atoms with van der Waals surface area (Å²) in [5.41, 5.74) is 2.46. The van der Waals surface area contributed by atoms with Crippen molar-refractivity contribution in [1.29, 1.82) is 5.26 Å². The first-order valence-electron chi connectivity index (χ1n) is 8.14. The van der Waals surface area contributed by atoms with E-state index in [-0.39, 0.29) is 5.69 Å². The molecule has 3 aromatic rings. The summed E-state index contributed by atoms with van der Waals surface area (Å²) in [6.45, 7) is 3.45. The molecule has 0 amide bonds. The first-order valence-corrected chi connectivity index (χ1v) is 8.14. The first-order chi connectivity index (χ1) is 13.3.